The molecule has 0 aromatic carbocycles. The SMILES string of the molecule is CCCCCCCCCC/C=C\CCCCCCCCCCCCCCCCCCCCCCCC(=O)OC(COC(=O)CCCCCCCCCCCCC/C=C\CCCCCCCCCC)COC(OCC[N+](C)(C)C)C(=O)O. The minimum absolute atomic E-state index is 0.176. The normalized spacial score (nSPS) is 12.8. The molecular weight excluding hydrogens is 1010 g/mol. The summed E-state index contributed by atoms with van der Waals surface area (Å²) in [5, 5.41) is 9.74. The highest BCUT2D eigenvalue weighted by Gasteiger charge is 2.25. The van der Waals surface area contributed by atoms with Crippen LogP contribution in [0.25, 0.3) is 0 Å². The first-order valence-electron chi connectivity index (χ1n) is 35.5. The van der Waals surface area contributed by atoms with Gasteiger partial charge in [0.1, 0.15) is 13.2 Å². The van der Waals surface area contributed by atoms with Crippen LogP contribution in [0.4, 0.5) is 0 Å². The fourth-order valence-corrected chi connectivity index (χ4v) is 10.7. The van der Waals surface area contributed by atoms with Crippen LogP contribution in [-0.2, 0) is 33.3 Å². The molecule has 81 heavy (non-hydrogen) atoms. The third-order valence-corrected chi connectivity index (χ3v) is 16.2. The van der Waals surface area contributed by atoms with E-state index in [1.807, 2.05) is 21.1 Å². The number of hydrogen-bond acceptors (Lipinski definition) is 7. The Morgan fingerprint density at radius 2 is 0.630 bits per heavy atom. The molecule has 2 unspecified atom stereocenters. The van der Waals surface area contributed by atoms with E-state index in [1.165, 1.54) is 295 Å². The molecule has 478 valence electrons. The van der Waals surface area contributed by atoms with Gasteiger partial charge in [-0.2, -0.15) is 0 Å². The summed E-state index contributed by atoms with van der Waals surface area (Å²) in [6.07, 6.45) is 75.9. The van der Waals surface area contributed by atoms with Crippen molar-refractivity contribution >= 4 is 17.9 Å². The topological polar surface area (TPSA) is 108 Å². The van der Waals surface area contributed by atoms with E-state index in [-0.39, 0.29) is 38.2 Å². The van der Waals surface area contributed by atoms with Crippen molar-refractivity contribution in [1.29, 1.82) is 0 Å². The molecule has 2 atom stereocenters. The lowest BCUT2D eigenvalue weighted by atomic mass is 10.0. The number of likely N-dealkylation sites (N-methyl/N-ethyl adjacent to an activating group) is 1. The minimum atomic E-state index is -1.51. The van der Waals surface area contributed by atoms with Gasteiger partial charge in [-0.05, 0) is 64.2 Å². The lowest BCUT2D eigenvalue weighted by molar-refractivity contribution is -0.870. The minimum Gasteiger partial charge on any atom is -0.477 e. The van der Waals surface area contributed by atoms with E-state index in [2.05, 4.69) is 38.2 Å². The molecule has 0 heterocycles. The van der Waals surface area contributed by atoms with E-state index >= 15 is 0 Å². The summed E-state index contributed by atoms with van der Waals surface area (Å²) in [4.78, 5) is 37.6. The molecule has 0 aromatic heterocycles. The van der Waals surface area contributed by atoms with E-state index in [4.69, 9.17) is 18.9 Å². The molecule has 0 aliphatic carbocycles. The highest BCUT2D eigenvalue weighted by molar-refractivity contribution is 5.71. The smallest absolute Gasteiger partial charge is 0.361 e. The van der Waals surface area contributed by atoms with Crippen molar-refractivity contribution in [3.8, 4) is 0 Å². The number of carboxylic acid groups (broad SMARTS) is 1. The van der Waals surface area contributed by atoms with Gasteiger partial charge in [-0.3, -0.25) is 9.59 Å². The van der Waals surface area contributed by atoms with Crippen molar-refractivity contribution in [3.05, 3.63) is 24.3 Å². The Morgan fingerprint density at radius 3 is 0.914 bits per heavy atom. The fraction of sp³-hybridized carbons (Fsp3) is 0.903. The number of ether oxygens (including phenoxy) is 4. The number of rotatable bonds is 67. The largest absolute Gasteiger partial charge is 0.477 e. The van der Waals surface area contributed by atoms with E-state index in [9.17, 15) is 19.5 Å². The predicted octanol–water partition coefficient (Wildman–Crippen LogP) is 21.8. The Morgan fingerprint density at radius 1 is 0.358 bits per heavy atom. The molecule has 0 saturated heterocycles. The highest BCUT2D eigenvalue weighted by atomic mass is 16.7. The molecule has 9 heteroatoms. The molecular formula is C72H138NO8+. The van der Waals surface area contributed by atoms with Crippen LogP contribution in [0.15, 0.2) is 24.3 Å². The van der Waals surface area contributed by atoms with Crippen LogP contribution in [0.3, 0.4) is 0 Å². The number of carbonyl (C=O) groups excluding carboxylic acids is 2. The maximum atomic E-state index is 12.9. The number of hydrogen-bond donors (Lipinski definition) is 1. The highest BCUT2D eigenvalue weighted by Crippen LogP contribution is 2.19. The summed E-state index contributed by atoms with van der Waals surface area (Å²) in [7, 11) is 5.99. The van der Waals surface area contributed by atoms with Gasteiger partial charge in [0.05, 0.1) is 34.4 Å². The van der Waals surface area contributed by atoms with Crippen LogP contribution in [0, 0.1) is 0 Å². The first-order chi connectivity index (χ1) is 39.6. The fourth-order valence-electron chi connectivity index (χ4n) is 10.7. The van der Waals surface area contributed by atoms with Crippen LogP contribution in [-0.4, -0.2) is 87.4 Å². The second kappa shape index (κ2) is 63.8. The molecule has 0 aromatic rings. The van der Waals surface area contributed by atoms with Gasteiger partial charge in [0.25, 0.3) is 6.29 Å². The lowest BCUT2D eigenvalue weighted by Crippen LogP contribution is -2.40. The Kier molecular flexibility index (Phi) is 62.0. The van der Waals surface area contributed by atoms with Gasteiger partial charge in [0.15, 0.2) is 6.10 Å². The molecule has 0 saturated carbocycles. The Balaban J connectivity index is 4.04. The number of nitrogens with zero attached hydrogens (tertiary/aromatic N) is 1. The average Bonchev–Trinajstić information content (AvgIpc) is 3.44. The third-order valence-electron chi connectivity index (χ3n) is 16.2. The van der Waals surface area contributed by atoms with Crippen LogP contribution in [0.5, 0.6) is 0 Å². The zero-order valence-corrected chi connectivity index (χ0v) is 54.7. The first kappa shape index (κ1) is 78.8. The lowest BCUT2D eigenvalue weighted by Gasteiger charge is -2.25. The number of quaternary nitrogens is 1. The maximum absolute atomic E-state index is 12.9. The molecule has 0 radical (unpaired) electrons. The maximum Gasteiger partial charge on any atom is 0.361 e. The molecule has 0 spiro atoms. The summed E-state index contributed by atoms with van der Waals surface area (Å²) < 4.78 is 23.0. The van der Waals surface area contributed by atoms with E-state index < -0.39 is 18.4 Å². The van der Waals surface area contributed by atoms with Gasteiger partial charge in [-0.25, -0.2) is 4.79 Å². The zero-order valence-electron chi connectivity index (χ0n) is 54.7. The van der Waals surface area contributed by atoms with Crippen molar-refractivity contribution in [2.24, 2.45) is 0 Å². The summed E-state index contributed by atoms with van der Waals surface area (Å²) >= 11 is 0. The van der Waals surface area contributed by atoms with Gasteiger partial charge in [0.2, 0.25) is 0 Å². The monoisotopic (exact) mass is 1150 g/mol. The molecule has 0 aliphatic rings. The molecule has 0 fully saturated rings. The number of allylic oxidation sites excluding steroid dienone is 4. The van der Waals surface area contributed by atoms with Crippen molar-refractivity contribution in [1.82, 2.24) is 0 Å². The number of esters is 2. The second-order valence-corrected chi connectivity index (χ2v) is 25.5. The van der Waals surface area contributed by atoms with Crippen molar-refractivity contribution in [2.45, 2.75) is 373 Å². The van der Waals surface area contributed by atoms with Crippen molar-refractivity contribution in [3.63, 3.8) is 0 Å². The summed E-state index contributed by atoms with van der Waals surface area (Å²) in [6.45, 7) is 4.95. The Bertz CT molecular complexity index is 1380. The molecule has 0 rings (SSSR count). The quantitative estimate of drug-likeness (QED) is 0.0211. The van der Waals surface area contributed by atoms with Crippen molar-refractivity contribution < 1.29 is 42.9 Å². The summed E-state index contributed by atoms with van der Waals surface area (Å²) in [6, 6.07) is 0. The van der Waals surface area contributed by atoms with Crippen LogP contribution in [0.1, 0.15) is 361 Å². The van der Waals surface area contributed by atoms with E-state index in [1.54, 1.807) is 0 Å². The van der Waals surface area contributed by atoms with Gasteiger partial charge < -0.3 is 28.5 Å². The number of carbonyl (C=O) groups is 3. The second-order valence-electron chi connectivity index (χ2n) is 25.5. The third kappa shape index (κ3) is 65.2. The van der Waals surface area contributed by atoms with Gasteiger partial charge >= 0.3 is 17.9 Å². The zero-order chi connectivity index (χ0) is 59.1. The van der Waals surface area contributed by atoms with E-state index in [0.717, 1.165) is 38.5 Å². The average molecular weight is 1150 g/mol. The first-order valence-corrected chi connectivity index (χ1v) is 35.5. The van der Waals surface area contributed by atoms with Gasteiger partial charge in [0, 0.05) is 12.8 Å². The number of carboxylic acids is 1. The molecule has 0 bridgehead atoms. The Labute approximate surface area is 503 Å². The van der Waals surface area contributed by atoms with Crippen molar-refractivity contribution in [2.75, 3.05) is 47.5 Å². The number of unbranched alkanes of at least 4 members (excludes halogenated alkanes) is 48. The summed E-state index contributed by atoms with van der Waals surface area (Å²) in [5.41, 5.74) is 0. The molecule has 0 aliphatic heterocycles. The van der Waals surface area contributed by atoms with Crippen LogP contribution in [0.2, 0.25) is 0 Å². The molecule has 1 N–H and O–H groups in total. The van der Waals surface area contributed by atoms with Gasteiger partial charge in [-0.15, -0.1) is 0 Å². The van der Waals surface area contributed by atoms with E-state index in [0.29, 0.717) is 17.4 Å². The summed E-state index contributed by atoms with van der Waals surface area (Å²) in [5.74, 6) is -1.98. The number of aliphatic carboxylic acids is 1. The molecule has 0 amide bonds. The standard InChI is InChI=1S/C72H137NO8/c1-6-8-10-12-14-16-18-20-22-24-26-28-30-31-32-33-34-35-36-37-38-39-41-43-45-47-49-51-53-55-57-59-61-63-70(75)81-68(67-80-72(71(76)77)78-65-64-73(3,4)5)66-79-69(74)62-60-58-56-54-52-50-48-46-44-42-40-29-27-25-23-21-19-17-15-13-11-9-7-2/h24-27,68,72H,6-23,28-67H2,1-5H3/p+1/b26-24-,27-25-. The molecule has 9 nitrogen and oxygen atoms in total. The van der Waals surface area contributed by atoms with Crippen LogP contribution >= 0.6 is 0 Å². The van der Waals surface area contributed by atoms with Crippen LogP contribution < -0.4 is 0 Å². The predicted molar refractivity (Wildman–Crippen MR) is 346 cm³/mol. The Hall–Kier alpha value is -2.23. The van der Waals surface area contributed by atoms with Gasteiger partial charge in [-0.1, -0.05) is 308 Å².